The summed E-state index contributed by atoms with van der Waals surface area (Å²) in [5, 5.41) is 0.669. The predicted octanol–water partition coefficient (Wildman–Crippen LogP) is 2.68. The third-order valence-electron chi connectivity index (χ3n) is 5.47. The van der Waals surface area contributed by atoms with Crippen molar-refractivity contribution in [1.82, 2.24) is 9.62 Å². The molecule has 1 heterocycles. The van der Waals surface area contributed by atoms with Crippen molar-refractivity contribution >= 4 is 33.2 Å². The molecule has 32 heavy (non-hydrogen) atoms. The minimum atomic E-state index is -3.92. The summed E-state index contributed by atoms with van der Waals surface area (Å²) in [4.78, 5) is 16.8. The number of hydrogen-bond donors (Lipinski definition) is 1. The first-order valence-corrected chi connectivity index (χ1v) is 12.1. The van der Waals surface area contributed by atoms with Gasteiger partial charge in [0.15, 0.2) is 11.5 Å². The van der Waals surface area contributed by atoms with Crippen LogP contribution in [0.4, 0.5) is 5.69 Å². The minimum absolute atomic E-state index is 0.00366. The van der Waals surface area contributed by atoms with Gasteiger partial charge in [0.05, 0.1) is 25.2 Å². The van der Waals surface area contributed by atoms with Gasteiger partial charge < -0.3 is 19.3 Å². The van der Waals surface area contributed by atoms with Crippen LogP contribution in [0.1, 0.15) is 12.5 Å². The van der Waals surface area contributed by atoms with Crippen molar-refractivity contribution in [1.29, 1.82) is 0 Å². The number of halogens is 1. The van der Waals surface area contributed by atoms with Crippen molar-refractivity contribution in [3.63, 3.8) is 0 Å². The second-order valence-corrected chi connectivity index (χ2v) is 9.75. The Morgan fingerprint density at radius 2 is 1.69 bits per heavy atom. The maximum Gasteiger partial charge on any atom is 0.241 e. The van der Waals surface area contributed by atoms with E-state index in [0.717, 1.165) is 11.3 Å². The molecule has 1 amide bonds. The van der Waals surface area contributed by atoms with Gasteiger partial charge in [0.25, 0.3) is 0 Å². The summed E-state index contributed by atoms with van der Waals surface area (Å²) in [7, 11) is -1.02. The average molecular weight is 482 g/mol. The predicted molar refractivity (Wildman–Crippen MR) is 124 cm³/mol. The lowest BCUT2D eigenvalue weighted by Gasteiger charge is -2.37. The van der Waals surface area contributed by atoms with E-state index in [2.05, 4.69) is 9.62 Å². The Morgan fingerprint density at radius 1 is 1.03 bits per heavy atom. The van der Waals surface area contributed by atoms with Gasteiger partial charge in [-0.1, -0.05) is 17.7 Å². The van der Waals surface area contributed by atoms with Gasteiger partial charge in [-0.25, -0.2) is 8.42 Å². The van der Waals surface area contributed by atoms with E-state index in [-0.39, 0.29) is 10.8 Å². The van der Waals surface area contributed by atoms with E-state index in [0.29, 0.717) is 42.7 Å². The summed E-state index contributed by atoms with van der Waals surface area (Å²) in [6.45, 7) is 5.84. The standard InChI is InChI=1S/C22H28ClN3O5S/c1-15-5-6-17(23)13-19(15)25-9-11-26(12-10-25)22(27)16(2)24-32(28,29)18-7-8-20(30-3)21(14-18)31-4/h5-8,13-14,16,24H,9-12H2,1-4H3/t16-/m1/s1. The molecule has 1 atom stereocenters. The molecule has 0 saturated carbocycles. The molecule has 2 aromatic carbocycles. The Balaban J connectivity index is 1.64. The molecule has 1 saturated heterocycles. The Labute approximate surface area is 194 Å². The molecule has 8 nitrogen and oxygen atoms in total. The molecule has 0 aromatic heterocycles. The van der Waals surface area contributed by atoms with E-state index in [1.54, 1.807) is 11.8 Å². The maximum atomic E-state index is 12.9. The van der Waals surface area contributed by atoms with Gasteiger partial charge in [0.1, 0.15) is 0 Å². The first-order valence-electron chi connectivity index (χ1n) is 10.2. The number of ether oxygens (including phenoxy) is 2. The number of carbonyl (C=O) groups is 1. The number of methoxy groups -OCH3 is 2. The molecule has 2 aromatic rings. The highest BCUT2D eigenvalue weighted by Crippen LogP contribution is 2.29. The maximum absolute atomic E-state index is 12.9. The quantitative estimate of drug-likeness (QED) is 0.654. The van der Waals surface area contributed by atoms with Crippen LogP contribution in [0.5, 0.6) is 11.5 Å². The van der Waals surface area contributed by atoms with Crippen LogP contribution in [0, 0.1) is 6.92 Å². The topological polar surface area (TPSA) is 88.2 Å². The Kier molecular flexibility index (Phi) is 7.53. The fourth-order valence-electron chi connectivity index (χ4n) is 3.70. The lowest BCUT2D eigenvalue weighted by atomic mass is 10.1. The van der Waals surface area contributed by atoms with Crippen molar-refractivity contribution in [2.45, 2.75) is 24.8 Å². The number of piperazine rings is 1. The highest BCUT2D eigenvalue weighted by Gasteiger charge is 2.29. The second kappa shape index (κ2) is 9.97. The molecule has 0 unspecified atom stereocenters. The third-order valence-corrected chi connectivity index (χ3v) is 7.24. The Bertz CT molecular complexity index is 1080. The number of benzene rings is 2. The molecule has 0 bridgehead atoms. The van der Waals surface area contributed by atoms with Crippen molar-refractivity contribution < 1.29 is 22.7 Å². The summed E-state index contributed by atoms with van der Waals surface area (Å²) in [5.41, 5.74) is 2.16. The van der Waals surface area contributed by atoms with Crippen LogP contribution in [0.15, 0.2) is 41.3 Å². The molecule has 10 heteroatoms. The third kappa shape index (κ3) is 5.28. The fraction of sp³-hybridized carbons (Fsp3) is 0.409. The normalized spacial score (nSPS) is 15.4. The van der Waals surface area contributed by atoms with E-state index in [4.69, 9.17) is 21.1 Å². The van der Waals surface area contributed by atoms with E-state index in [1.165, 1.54) is 32.4 Å². The van der Waals surface area contributed by atoms with Crippen molar-refractivity contribution in [3.8, 4) is 11.5 Å². The molecule has 0 aliphatic carbocycles. The lowest BCUT2D eigenvalue weighted by molar-refractivity contribution is -0.132. The zero-order chi connectivity index (χ0) is 23.5. The Hall–Kier alpha value is -2.49. The highest BCUT2D eigenvalue weighted by atomic mass is 35.5. The molecule has 0 spiro atoms. The van der Waals surface area contributed by atoms with Crippen LogP contribution in [-0.2, 0) is 14.8 Å². The summed E-state index contributed by atoms with van der Waals surface area (Å²) in [5.74, 6) is 0.446. The molecule has 1 fully saturated rings. The molecular weight excluding hydrogens is 454 g/mol. The van der Waals surface area contributed by atoms with Gasteiger partial charge >= 0.3 is 0 Å². The molecular formula is C22H28ClN3O5S. The van der Waals surface area contributed by atoms with E-state index in [1.807, 2.05) is 25.1 Å². The number of carbonyl (C=O) groups excluding carboxylic acids is 1. The molecule has 174 valence electrons. The zero-order valence-corrected chi connectivity index (χ0v) is 20.2. The van der Waals surface area contributed by atoms with Gasteiger partial charge in [-0.15, -0.1) is 0 Å². The van der Waals surface area contributed by atoms with E-state index in [9.17, 15) is 13.2 Å². The van der Waals surface area contributed by atoms with Crippen molar-refractivity contribution in [2.75, 3.05) is 45.3 Å². The van der Waals surface area contributed by atoms with Gasteiger partial charge in [-0.2, -0.15) is 4.72 Å². The van der Waals surface area contributed by atoms with E-state index < -0.39 is 16.1 Å². The van der Waals surface area contributed by atoms with Gasteiger partial charge in [0.2, 0.25) is 15.9 Å². The number of anilines is 1. The molecule has 1 aliphatic heterocycles. The summed E-state index contributed by atoms with van der Waals surface area (Å²) in [6.07, 6.45) is 0. The van der Waals surface area contributed by atoms with Gasteiger partial charge in [0, 0.05) is 43.0 Å². The molecule has 0 radical (unpaired) electrons. The van der Waals surface area contributed by atoms with Crippen LogP contribution >= 0.6 is 11.6 Å². The van der Waals surface area contributed by atoms with Crippen LogP contribution < -0.4 is 19.1 Å². The number of amides is 1. The SMILES string of the molecule is COc1ccc(S(=O)(=O)N[C@H](C)C(=O)N2CCN(c3cc(Cl)ccc3C)CC2)cc1OC. The number of rotatable bonds is 7. The summed E-state index contributed by atoms with van der Waals surface area (Å²) in [6, 6.07) is 9.13. The number of aryl methyl sites for hydroxylation is 1. The van der Waals surface area contributed by atoms with E-state index >= 15 is 0 Å². The first-order chi connectivity index (χ1) is 15.2. The number of nitrogens with one attached hydrogen (secondary N) is 1. The average Bonchev–Trinajstić information content (AvgIpc) is 2.79. The van der Waals surface area contributed by atoms with Crippen LogP contribution in [0.3, 0.4) is 0 Å². The number of hydrogen-bond acceptors (Lipinski definition) is 6. The molecule has 1 N–H and O–H groups in total. The molecule has 3 rings (SSSR count). The summed E-state index contributed by atoms with van der Waals surface area (Å²) < 4.78 is 38.4. The van der Waals surface area contributed by atoms with Crippen LogP contribution in [0.2, 0.25) is 5.02 Å². The molecule has 1 aliphatic rings. The minimum Gasteiger partial charge on any atom is -0.493 e. The summed E-state index contributed by atoms with van der Waals surface area (Å²) >= 11 is 6.13. The second-order valence-electron chi connectivity index (χ2n) is 7.60. The monoisotopic (exact) mass is 481 g/mol. The first kappa shape index (κ1) is 24.2. The van der Waals surface area contributed by atoms with Crippen LogP contribution in [0.25, 0.3) is 0 Å². The highest BCUT2D eigenvalue weighted by molar-refractivity contribution is 7.89. The Morgan fingerprint density at radius 3 is 2.31 bits per heavy atom. The van der Waals surface area contributed by atoms with Crippen molar-refractivity contribution in [2.24, 2.45) is 0 Å². The number of sulfonamides is 1. The largest absolute Gasteiger partial charge is 0.493 e. The zero-order valence-electron chi connectivity index (χ0n) is 18.6. The fourth-order valence-corrected chi connectivity index (χ4v) is 5.08. The van der Waals surface area contributed by atoms with Crippen LogP contribution in [-0.4, -0.2) is 65.7 Å². The smallest absolute Gasteiger partial charge is 0.241 e. The lowest BCUT2D eigenvalue weighted by Crippen LogP contribution is -2.54. The number of nitrogens with zero attached hydrogens (tertiary/aromatic N) is 2. The van der Waals surface area contributed by atoms with Crippen molar-refractivity contribution in [3.05, 3.63) is 47.0 Å². The van der Waals surface area contributed by atoms with Gasteiger partial charge in [-0.3, -0.25) is 4.79 Å². The van der Waals surface area contributed by atoms with Gasteiger partial charge in [-0.05, 0) is 43.7 Å².